The average Bonchev–Trinajstić information content (AvgIpc) is 2.78. The first-order chi connectivity index (χ1) is 8.33. The van der Waals surface area contributed by atoms with E-state index in [-0.39, 0.29) is 12.4 Å². The van der Waals surface area contributed by atoms with Gasteiger partial charge in [-0.2, -0.15) is 8.75 Å². The standard InChI is InChI=1S/C13H12N3S.ClH/c1-10-7-11(9-16-5-3-2-4-6-16)13-12(8-10)14-17-15-13;/h2-8H,9H2,1H3;1H/q+1;/p-1. The number of rotatable bonds is 2. The van der Waals surface area contributed by atoms with E-state index in [0.717, 1.165) is 17.6 Å². The maximum Gasteiger partial charge on any atom is 0.176 e. The number of halogens is 1. The molecule has 0 spiro atoms. The number of hydrogen-bond donors (Lipinski definition) is 0. The Labute approximate surface area is 116 Å². The molecule has 0 bridgehead atoms. The van der Waals surface area contributed by atoms with Gasteiger partial charge in [0.15, 0.2) is 18.9 Å². The van der Waals surface area contributed by atoms with Crippen molar-refractivity contribution in [1.29, 1.82) is 0 Å². The molecule has 0 radical (unpaired) electrons. The first-order valence-corrected chi connectivity index (χ1v) is 6.22. The third-order valence-corrected chi connectivity index (χ3v) is 3.26. The van der Waals surface area contributed by atoms with E-state index in [1.807, 2.05) is 18.2 Å². The topological polar surface area (TPSA) is 29.7 Å². The van der Waals surface area contributed by atoms with Gasteiger partial charge >= 0.3 is 0 Å². The van der Waals surface area contributed by atoms with Crippen LogP contribution in [0.1, 0.15) is 11.1 Å². The fraction of sp³-hybridized carbons (Fsp3) is 0.154. The van der Waals surface area contributed by atoms with Crippen LogP contribution < -0.4 is 17.0 Å². The number of aromatic nitrogens is 3. The van der Waals surface area contributed by atoms with E-state index < -0.39 is 0 Å². The Bertz CT molecular complexity index is 652. The number of aryl methyl sites for hydroxylation is 1. The molecule has 0 saturated carbocycles. The summed E-state index contributed by atoms with van der Waals surface area (Å²) < 4.78 is 10.8. The fourth-order valence-electron chi connectivity index (χ4n) is 1.97. The van der Waals surface area contributed by atoms with Gasteiger partial charge < -0.3 is 12.4 Å². The van der Waals surface area contributed by atoms with Crippen LogP contribution in [0.5, 0.6) is 0 Å². The van der Waals surface area contributed by atoms with Gasteiger partial charge in [0, 0.05) is 17.7 Å². The van der Waals surface area contributed by atoms with Crippen molar-refractivity contribution in [1.82, 2.24) is 8.75 Å². The summed E-state index contributed by atoms with van der Waals surface area (Å²) in [6.07, 6.45) is 4.13. The zero-order valence-electron chi connectivity index (χ0n) is 9.88. The molecule has 3 nitrogen and oxygen atoms in total. The van der Waals surface area contributed by atoms with Gasteiger partial charge in [0.25, 0.3) is 0 Å². The number of pyridine rings is 1. The molecule has 0 amide bonds. The Hall–Kier alpha value is -1.52. The summed E-state index contributed by atoms with van der Waals surface area (Å²) in [4.78, 5) is 0. The van der Waals surface area contributed by atoms with E-state index in [2.05, 4.69) is 44.8 Å². The Morgan fingerprint density at radius 3 is 2.67 bits per heavy atom. The van der Waals surface area contributed by atoms with Crippen molar-refractivity contribution in [2.75, 3.05) is 0 Å². The lowest BCUT2D eigenvalue weighted by Crippen LogP contribution is -3.00. The van der Waals surface area contributed by atoms with E-state index in [4.69, 9.17) is 0 Å². The molecule has 0 atom stereocenters. The minimum atomic E-state index is 0. The maximum atomic E-state index is 4.37. The smallest absolute Gasteiger partial charge is 0.176 e. The molecule has 2 heterocycles. The second kappa shape index (κ2) is 5.42. The van der Waals surface area contributed by atoms with E-state index in [1.165, 1.54) is 22.9 Å². The van der Waals surface area contributed by atoms with Gasteiger partial charge in [-0.15, -0.1) is 0 Å². The quantitative estimate of drug-likeness (QED) is 0.582. The van der Waals surface area contributed by atoms with Gasteiger partial charge in [0.05, 0.1) is 11.7 Å². The summed E-state index contributed by atoms with van der Waals surface area (Å²) in [7, 11) is 0. The molecule has 0 aliphatic rings. The molecule has 18 heavy (non-hydrogen) atoms. The van der Waals surface area contributed by atoms with E-state index >= 15 is 0 Å². The molecule has 2 aromatic heterocycles. The van der Waals surface area contributed by atoms with Crippen LogP contribution in [-0.2, 0) is 6.54 Å². The Morgan fingerprint density at radius 2 is 1.89 bits per heavy atom. The Morgan fingerprint density at radius 1 is 1.11 bits per heavy atom. The molecular weight excluding hydrogens is 266 g/mol. The molecule has 0 unspecified atom stereocenters. The molecule has 0 aliphatic carbocycles. The van der Waals surface area contributed by atoms with Crippen LogP contribution >= 0.6 is 11.7 Å². The van der Waals surface area contributed by atoms with E-state index in [0.29, 0.717) is 0 Å². The Balaban J connectivity index is 0.00000120. The Kier molecular flexibility index (Phi) is 3.89. The molecule has 92 valence electrons. The highest BCUT2D eigenvalue weighted by molar-refractivity contribution is 7.00. The van der Waals surface area contributed by atoms with Crippen LogP contribution in [0.3, 0.4) is 0 Å². The van der Waals surface area contributed by atoms with Crippen molar-refractivity contribution >= 4 is 22.8 Å². The van der Waals surface area contributed by atoms with Crippen LogP contribution in [0.25, 0.3) is 11.0 Å². The molecular formula is C13H12ClN3S. The van der Waals surface area contributed by atoms with Crippen LogP contribution in [-0.4, -0.2) is 8.75 Å². The minimum absolute atomic E-state index is 0. The van der Waals surface area contributed by atoms with Crippen LogP contribution in [0.15, 0.2) is 42.7 Å². The zero-order chi connectivity index (χ0) is 11.7. The molecule has 0 saturated heterocycles. The van der Waals surface area contributed by atoms with E-state index in [1.54, 1.807) is 0 Å². The molecule has 5 heteroatoms. The monoisotopic (exact) mass is 277 g/mol. The summed E-state index contributed by atoms with van der Waals surface area (Å²) in [5.41, 5.74) is 4.49. The van der Waals surface area contributed by atoms with Crippen molar-refractivity contribution < 1.29 is 17.0 Å². The summed E-state index contributed by atoms with van der Waals surface area (Å²) >= 11 is 1.28. The molecule has 0 aliphatic heterocycles. The third-order valence-electron chi connectivity index (χ3n) is 2.71. The molecule has 3 aromatic rings. The van der Waals surface area contributed by atoms with Gasteiger partial charge in [-0.25, -0.2) is 4.57 Å². The normalized spacial score (nSPS) is 10.3. The lowest BCUT2D eigenvalue weighted by Gasteiger charge is -2.00. The predicted molar refractivity (Wildman–Crippen MR) is 67.9 cm³/mol. The number of benzene rings is 1. The van der Waals surface area contributed by atoms with Crippen molar-refractivity contribution in [2.45, 2.75) is 13.5 Å². The van der Waals surface area contributed by atoms with Crippen molar-refractivity contribution in [3.63, 3.8) is 0 Å². The summed E-state index contributed by atoms with van der Waals surface area (Å²) in [5.74, 6) is 0. The first-order valence-electron chi connectivity index (χ1n) is 5.49. The number of fused-ring (bicyclic) bond motifs is 1. The summed E-state index contributed by atoms with van der Waals surface area (Å²) in [6.45, 7) is 2.93. The van der Waals surface area contributed by atoms with Gasteiger partial charge in [-0.3, -0.25) is 0 Å². The predicted octanol–water partition coefficient (Wildman–Crippen LogP) is -0.660. The van der Waals surface area contributed by atoms with Crippen molar-refractivity contribution in [3.05, 3.63) is 53.9 Å². The number of hydrogen-bond acceptors (Lipinski definition) is 3. The molecule has 0 N–H and O–H groups in total. The fourth-order valence-corrected chi connectivity index (χ4v) is 2.53. The second-order valence-corrected chi connectivity index (χ2v) is 4.63. The average molecular weight is 278 g/mol. The van der Waals surface area contributed by atoms with E-state index in [9.17, 15) is 0 Å². The van der Waals surface area contributed by atoms with Crippen LogP contribution in [0.2, 0.25) is 0 Å². The first kappa shape index (κ1) is 12.9. The third kappa shape index (κ3) is 2.49. The van der Waals surface area contributed by atoms with Gasteiger partial charge in [-0.05, 0) is 24.6 Å². The molecule has 1 aromatic carbocycles. The van der Waals surface area contributed by atoms with Gasteiger partial charge in [0.2, 0.25) is 0 Å². The highest BCUT2D eigenvalue weighted by atomic mass is 35.5. The number of nitrogens with zero attached hydrogens (tertiary/aromatic N) is 3. The second-order valence-electron chi connectivity index (χ2n) is 4.10. The summed E-state index contributed by atoms with van der Waals surface area (Å²) in [6, 6.07) is 10.4. The zero-order valence-corrected chi connectivity index (χ0v) is 11.4. The lowest BCUT2D eigenvalue weighted by molar-refractivity contribution is -0.688. The van der Waals surface area contributed by atoms with Crippen LogP contribution in [0, 0.1) is 6.92 Å². The SMILES string of the molecule is Cc1cc(C[n+]2ccccc2)c2nsnc2c1.[Cl-]. The highest BCUT2D eigenvalue weighted by Crippen LogP contribution is 2.18. The maximum absolute atomic E-state index is 4.37. The van der Waals surface area contributed by atoms with Crippen molar-refractivity contribution in [3.8, 4) is 0 Å². The lowest BCUT2D eigenvalue weighted by atomic mass is 10.1. The van der Waals surface area contributed by atoms with Gasteiger partial charge in [0.1, 0.15) is 11.0 Å². The molecule has 0 fully saturated rings. The van der Waals surface area contributed by atoms with Gasteiger partial charge in [-0.1, -0.05) is 6.07 Å². The van der Waals surface area contributed by atoms with Crippen molar-refractivity contribution in [2.24, 2.45) is 0 Å². The minimum Gasteiger partial charge on any atom is -1.00 e. The highest BCUT2D eigenvalue weighted by Gasteiger charge is 2.10. The van der Waals surface area contributed by atoms with Crippen LogP contribution in [0.4, 0.5) is 0 Å². The molecule has 3 rings (SSSR count). The largest absolute Gasteiger partial charge is 1.00 e. The summed E-state index contributed by atoms with van der Waals surface area (Å²) in [5, 5.41) is 0.